The number of hydrogen-bond donors (Lipinski definition) is 2. The highest BCUT2D eigenvalue weighted by Crippen LogP contribution is 2.24. The zero-order valence-corrected chi connectivity index (χ0v) is 11.9. The number of nitrogens with one attached hydrogen (secondary N) is 1. The molecule has 2 atom stereocenters. The second-order valence-electron chi connectivity index (χ2n) is 4.93. The molecule has 2 heterocycles. The van der Waals surface area contributed by atoms with Crippen LogP contribution >= 0.6 is 11.3 Å². The molecule has 0 saturated carbocycles. The topological polar surface area (TPSA) is 69.6 Å². The molecule has 0 bridgehead atoms. The molecule has 2 rings (SSSR count). The van der Waals surface area contributed by atoms with Gasteiger partial charge in [-0.2, -0.15) is 0 Å². The molecule has 0 aliphatic carbocycles. The number of aliphatic carboxylic acids is 1. The molecule has 6 heteroatoms. The summed E-state index contributed by atoms with van der Waals surface area (Å²) in [6.45, 7) is 4.83. The average Bonchev–Trinajstić information content (AvgIpc) is 2.92. The summed E-state index contributed by atoms with van der Waals surface area (Å²) >= 11 is 1.59. The van der Waals surface area contributed by atoms with Crippen LogP contribution in [0.5, 0.6) is 0 Å². The fraction of sp³-hybridized carbons (Fsp3) is 0.538. The lowest BCUT2D eigenvalue weighted by atomic mass is 10.0. The first-order valence-corrected chi connectivity index (χ1v) is 7.19. The molecule has 1 aliphatic heterocycles. The lowest BCUT2D eigenvalue weighted by molar-refractivity contribution is -0.142. The van der Waals surface area contributed by atoms with Gasteiger partial charge in [0.2, 0.25) is 0 Å². The van der Waals surface area contributed by atoms with E-state index in [-0.39, 0.29) is 11.9 Å². The standard InChI is InChI=1S/C13H18N2O3S/c1-8-4-6-19-10(8)7-14-13(18)15-5-3-9(2)11(15)12(16)17/h4,6,9,11H,3,5,7H2,1-2H3,(H,14,18)(H,16,17). The zero-order chi connectivity index (χ0) is 14.0. The van der Waals surface area contributed by atoms with Gasteiger partial charge < -0.3 is 15.3 Å². The van der Waals surface area contributed by atoms with E-state index >= 15 is 0 Å². The summed E-state index contributed by atoms with van der Waals surface area (Å²) in [5.74, 6) is -0.917. The Morgan fingerprint density at radius 3 is 2.89 bits per heavy atom. The third-order valence-electron chi connectivity index (χ3n) is 3.58. The van der Waals surface area contributed by atoms with Crippen molar-refractivity contribution >= 4 is 23.3 Å². The van der Waals surface area contributed by atoms with Crippen LogP contribution < -0.4 is 5.32 Å². The van der Waals surface area contributed by atoms with E-state index < -0.39 is 12.0 Å². The third kappa shape index (κ3) is 2.89. The van der Waals surface area contributed by atoms with Crippen molar-refractivity contribution in [3.63, 3.8) is 0 Å². The first kappa shape index (κ1) is 13.9. The highest BCUT2D eigenvalue weighted by atomic mass is 32.1. The number of hydrogen-bond acceptors (Lipinski definition) is 3. The number of rotatable bonds is 3. The second-order valence-corrected chi connectivity index (χ2v) is 5.93. The van der Waals surface area contributed by atoms with Crippen molar-refractivity contribution in [2.75, 3.05) is 6.54 Å². The molecule has 1 aromatic heterocycles. The maximum absolute atomic E-state index is 12.1. The minimum atomic E-state index is -0.924. The van der Waals surface area contributed by atoms with Gasteiger partial charge in [-0.3, -0.25) is 0 Å². The van der Waals surface area contributed by atoms with Crippen LogP contribution in [0.25, 0.3) is 0 Å². The maximum Gasteiger partial charge on any atom is 0.326 e. The van der Waals surface area contributed by atoms with Gasteiger partial charge in [0.15, 0.2) is 0 Å². The van der Waals surface area contributed by atoms with Crippen molar-refractivity contribution < 1.29 is 14.7 Å². The lowest BCUT2D eigenvalue weighted by Crippen LogP contribution is -2.47. The minimum Gasteiger partial charge on any atom is -0.480 e. The molecule has 0 radical (unpaired) electrons. The van der Waals surface area contributed by atoms with Gasteiger partial charge in [-0.05, 0) is 36.3 Å². The predicted octanol–water partition coefficient (Wildman–Crippen LogP) is 2.06. The van der Waals surface area contributed by atoms with Gasteiger partial charge in [-0.25, -0.2) is 9.59 Å². The van der Waals surface area contributed by atoms with Gasteiger partial charge >= 0.3 is 12.0 Å². The van der Waals surface area contributed by atoms with E-state index in [2.05, 4.69) is 5.32 Å². The Balaban J connectivity index is 1.96. The summed E-state index contributed by atoms with van der Waals surface area (Å²) in [4.78, 5) is 25.8. The molecule has 5 nitrogen and oxygen atoms in total. The average molecular weight is 282 g/mol. The van der Waals surface area contributed by atoms with Crippen LogP contribution in [0.15, 0.2) is 11.4 Å². The first-order valence-electron chi connectivity index (χ1n) is 6.31. The van der Waals surface area contributed by atoms with Crippen LogP contribution in [0.3, 0.4) is 0 Å². The number of carboxylic acids is 1. The molecule has 19 heavy (non-hydrogen) atoms. The molecule has 2 amide bonds. The minimum absolute atomic E-state index is 0.00623. The first-order chi connectivity index (χ1) is 9.00. The second kappa shape index (κ2) is 5.61. The SMILES string of the molecule is Cc1ccsc1CNC(=O)N1CCC(C)C1C(=O)O. The van der Waals surface area contributed by atoms with Gasteiger partial charge in [-0.15, -0.1) is 11.3 Å². The maximum atomic E-state index is 12.1. The molecule has 1 saturated heterocycles. The van der Waals surface area contributed by atoms with Crippen LogP contribution in [0.2, 0.25) is 0 Å². The summed E-state index contributed by atoms with van der Waals surface area (Å²) in [6, 6.07) is 1.01. The van der Waals surface area contributed by atoms with Gasteiger partial charge in [0, 0.05) is 11.4 Å². The van der Waals surface area contributed by atoms with E-state index in [9.17, 15) is 14.7 Å². The lowest BCUT2D eigenvalue weighted by Gasteiger charge is -2.23. The van der Waals surface area contributed by atoms with Crippen molar-refractivity contribution in [3.8, 4) is 0 Å². The third-order valence-corrected chi connectivity index (χ3v) is 4.61. The number of likely N-dealkylation sites (tertiary alicyclic amines) is 1. The summed E-state index contributed by atoms with van der Waals surface area (Å²) < 4.78 is 0. The zero-order valence-electron chi connectivity index (χ0n) is 11.0. The van der Waals surface area contributed by atoms with Crippen LogP contribution in [0, 0.1) is 12.8 Å². The number of carbonyl (C=O) groups excluding carboxylic acids is 1. The molecular weight excluding hydrogens is 264 g/mol. The van der Waals surface area contributed by atoms with E-state index in [1.165, 1.54) is 4.90 Å². The van der Waals surface area contributed by atoms with Crippen LogP contribution in [-0.2, 0) is 11.3 Å². The number of amides is 2. The number of urea groups is 1. The monoisotopic (exact) mass is 282 g/mol. The van der Waals surface area contributed by atoms with Crippen LogP contribution in [0.4, 0.5) is 4.79 Å². The Morgan fingerprint density at radius 2 is 2.32 bits per heavy atom. The largest absolute Gasteiger partial charge is 0.480 e. The van der Waals surface area contributed by atoms with Gasteiger partial charge in [0.25, 0.3) is 0 Å². The number of aryl methyl sites for hydroxylation is 1. The Morgan fingerprint density at radius 1 is 1.58 bits per heavy atom. The smallest absolute Gasteiger partial charge is 0.326 e. The van der Waals surface area contributed by atoms with Gasteiger partial charge in [0.1, 0.15) is 6.04 Å². The number of thiophene rings is 1. The molecule has 104 valence electrons. The number of carbonyl (C=O) groups is 2. The van der Waals surface area contributed by atoms with E-state index in [0.29, 0.717) is 13.1 Å². The molecule has 2 unspecified atom stereocenters. The Labute approximate surface area is 116 Å². The number of carboxylic acid groups (broad SMARTS) is 1. The van der Waals surface area contributed by atoms with Crippen molar-refractivity contribution in [1.82, 2.24) is 10.2 Å². The molecule has 0 spiro atoms. The molecule has 2 N–H and O–H groups in total. The van der Waals surface area contributed by atoms with Crippen molar-refractivity contribution in [1.29, 1.82) is 0 Å². The molecule has 1 aliphatic rings. The highest BCUT2D eigenvalue weighted by Gasteiger charge is 2.39. The summed E-state index contributed by atoms with van der Waals surface area (Å²) in [5, 5.41) is 14.0. The summed E-state index contributed by atoms with van der Waals surface area (Å²) in [6.07, 6.45) is 0.739. The molecule has 1 fully saturated rings. The Kier molecular flexibility index (Phi) is 4.09. The van der Waals surface area contributed by atoms with E-state index in [4.69, 9.17) is 0 Å². The summed E-state index contributed by atoms with van der Waals surface area (Å²) in [5.41, 5.74) is 1.15. The fourth-order valence-electron chi connectivity index (χ4n) is 2.39. The van der Waals surface area contributed by atoms with Crippen LogP contribution in [0.1, 0.15) is 23.8 Å². The molecule has 0 aromatic carbocycles. The van der Waals surface area contributed by atoms with Crippen LogP contribution in [-0.4, -0.2) is 34.6 Å². The van der Waals surface area contributed by atoms with E-state index in [1.54, 1.807) is 11.3 Å². The highest BCUT2D eigenvalue weighted by molar-refractivity contribution is 7.10. The van der Waals surface area contributed by atoms with Crippen molar-refractivity contribution in [2.24, 2.45) is 5.92 Å². The van der Waals surface area contributed by atoms with E-state index in [1.807, 2.05) is 25.3 Å². The Bertz CT molecular complexity index is 486. The van der Waals surface area contributed by atoms with Crippen molar-refractivity contribution in [2.45, 2.75) is 32.9 Å². The quantitative estimate of drug-likeness (QED) is 0.891. The number of nitrogens with zero attached hydrogens (tertiary/aromatic N) is 1. The fourth-order valence-corrected chi connectivity index (χ4v) is 3.24. The molecular formula is C13H18N2O3S. The van der Waals surface area contributed by atoms with Gasteiger partial charge in [0.05, 0.1) is 6.54 Å². The van der Waals surface area contributed by atoms with E-state index in [0.717, 1.165) is 16.9 Å². The molecule has 1 aromatic rings. The Hall–Kier alpha value is -1.56. The predicted molar refractivity (Wildman–Crippen MR) is 73.2 cm³/mol. The van der Waals surface area contributed by atoms with Gasteiger partial charge in [-0.1, -0.05) is 6.92 Å². The summed E-state index contributed by atoms with van der Waals surface area (Å²) in [7, 11) is 0. The normalized spacial score (nSPS) is 22.5. The van der Waals surface area contributed by atoms with Crippen molar-refractivity contribution in [3.05, 3.63) is 21.9 Å².